The molecule has 0 fully saturated rings. The van der Waals surface area contributed by atoms with Gasteiger partial charge in [0.15, 0.2) is 22.5 Å². The SMILES string of the molecule is CN(C)c1ccc(C(=O)N[C@H](/C([N+]#N)=C(/O)OC(C)(C)C)c2ccc3c(c2)OCO3)cc1. The normalized spacial score (nSPS) is 14.1. The maximum absolute atomic E-state index is 13.0. The number of carbonyl (C=O) groups excluding carboxylic acids is 1. The van der Waals surface area contributed by atoms with Crippen LogP contribution in [0.15, 0.2) is 54.1 Å². The zero-order valence-corrected chi connectivity index (χ0v) is 18.7. The quantitative estimate of drug-likeness (QED) is 0.509. The predicted molar refractivity (Wildman–Crippen MR) is 119 cm³/mol. The van der Waals surface area contributed by atoms with Crippen molar-refractivity contribution in [3.05, 3.63) is 70.2 Å². The van der Waals surface area contributed by atoms with E-state index < -0.39 is 23.5 Å². The fourth-order valence-corrected chi connectivity index (χ4v) is 3.09. The molecule has 0 bridgehead atoms. The predicted octanol–water partition coefficient (Wildman–Crippen LogP) is 4.35. The Hall–Kier alpha value is -3.93. The Kier molecular flexibility index (Phi) is 6.44. The first-order valence-corrected chi connectivity index (χ1v) is 10.0. The molecule has 0 aliphatic carbocycles. The first kappa shape index (κ1) is 22.7. The molecule has 0 spiro atoms. The van der Waals surface area contributed by atoms with Gasteiger partial charge in [0, 0.05) is 25.3 Å². The van der Waals surface area contributed by atoms with Crippen molar-refractivity contribution in [2.45, 2.75) is 32.4 Å². The summed E-state index contributed by atoms with van der Waals surface area (Å²) in [6.07, 6.45) is 0. The van der Waals surface area contributed by atoms with Crippen LogP contribution in [0.1, 0.15) is 42.7 Å². The average molecular weight is 439 g/mol. The van der Waals surface area contributed by atoms with Crippen LogP contribution in [0.3, 0.4) is 0 Å². The second kappa shape index (κ2) is 9.06. The summed E-state index contributed by atoms with van der Waals surface area (Å²) in [5.74, 6) is -0.000982. The van der Waals surface area contributed by atoms with Gasteiger partial charge >= 0.3 is 11.6 Å². The van der Waals surface area contributed by atoms with E-state index in [-0.39, 0.29) is 12.5 Å². The van der Waals surface area contributed by atoms with Gasteiger partial charge in [-0.15, -0.1) is 0 Å². The van der Waals surface area contributed by atoms with Gasteiger partial charge in [0.25, 0.3) is 5.91 Å². The summed E-state index contributed by atoms with van der Waals surface area (Å²) in [6.45, 7) is 5.29. The molecular weight excluding hydrogens is 412 g/mol. The highest BCUT2D eigenvalue weighted by Gasteiger charge is 2.38. The summed E-state index contributed by atoms with van der Waals surface area (Å²) in [6, 6.07) is 11.0. The Labute approximate surface area is 186 Å². The van der Waals surface area contributed by atoms with Gasteiger partial charge in [-0.05, 0) is 62.7 Å². The second-order valence-corrected chi connectivity index (χ2v) is 8.47. The highest BCUT2D eigenvalue weighted by molar-refractivity contribution is 5.95. The number of hydrogen-bond acceptors (Lipinski definition) is 7. The minimum atomic E-state index is -1.03. The number of aliphatic hydroxyl groups is 1. The molecule has 9 heteroatoms. The molecule has 0 unspecified atom stereocenters. The molecule has 3 rings (SSSR count). The van der Waals surface area contributed by atoms with E-state index in [4.69, 9.17) is 14.2 Å². The fraction of sp³-hybridized carbons (Fsp3) is 0.348. The highest BCUT2D eigenvalue weighted by atomic mass is 16.7. The van der Waals surface area contributed by atoms with E-state index in [1.165, 1.54) is 0 Å². The molecule has 0 radical (unpaired) electrons. The fourth-order valence-electron chi connectivity index (χ4n) is 3.09. The van der Waals surface area contributed by atoms with Crippen LogP contribution in [0, 0.1) is 5.39 Å². The van der Waals surface area contributed by atoms with Gasteiger partial charge in [-0.3, -0.25) is 4.79 Å². The monoisotopic (exact) mass is 439 g/mol. The Morgan fingerprint density at radius 3 is 2.41 bits per heavy atom. The number of anilines is 1. The minimum Gasteiger partial charge on any atom is -0.475 e. The number of ether oxygens (including phenoxy) is 3. The van der Waals surface area contributed by atoms with Gasteiger partial charge in [0.2, 0.25) is 12.2 Å². The summed E-state index contributed by atoms with van der Waals surface area (Å²) in [5.41, 5.74) is 0.832. The lowest BCUT2D eigenvalue weighted by atomic mass is 10.0. The Balaban J connectivity index is 1.99. The van der Waals surface area contributed by atoms with Crippen LogP contribution in [0.2, 0.25) is 0 Å². The number of rotatable bonds is 6. The van der Waals surface area contributed by atoms with Crippen molar-refractivity contribution in [3.63, 3.8) is 0 Å². The number of hydrogen-bond donors (Lipinski definition) is 2. The molecule has 2 aromatic carbocycles. The van der Waals surface area contributed by atoms with Crippen LogP contribution in [0.4, 0.5) is 5.69 Å². The third kappa shape index (κ3) is 5.21. The lowest BCUT2D eigenvalue weighted by molar-refractivity contribution is -0.0177. The molecule has 168 valence electrons. The number of nitrogens with zero attached hydrogens (tertiary/aromatic N) is 3. The average Bonchev–Trinajstić information content (AvgIpc) is 3.20. The molecule has 2 N–H and O–H groups in total. The lowest BCUT2D eigenvalue weighted by Gasteiger charge is -2.20. The second-order valence-electron chi connectivity index (χ2n) is 8.47. The molecular formula is C23H27N4O5+. The van der Waals surface area contributed by atoms with Crippen molar-refractivity contribution < 1.29 is 24.1 Å². The van der Waals surface area contributed by atoms with Gasteiger partial charge in [-0.2, -0.15) is 0 Å². The van der Waals surface area contributed by atoms with Crippen LogP contribution in [0.5, 0.6) is 11.5 Å². The number of carbonyl (C=O) groups is 1. The van der Waals surface area contributed by atoms with Crippen LogP contribution in [-0.2, 0) is 4.74 Å². The van der Waals surface area contributed by atoms with E-state index in [9.17, 15) is 15.3 Å². The summed E-state index contributed by atoms with van der Waals surface area (Å²) in [4.78, 5) is 18.2. The lowest BCUT2D eigenvalue weighted by Crippen LogP contribution is -2.31. The van der Waals surface area contributed by atoms with Crippen LogP contribution in [0.25, 0.3) is 4.98 Å². The first-order valence-electron chi connectivity index (χ1n) is 10.0. The summed E-state index contributed by atoms with van der Waals surface area (Å²) >= 11 is 0. The van der Waals surface area contributed by atoms with Gasteiger partial charge in [-0.25, -0.2) is 0 Å². The van der Waals surface area contributed by atoms with E-state index in [0.29, 0.717) is 22.6 Å². The van der Waals surface area contributed by atoms with Gasteiger partial charge in [0.05, 0.1) is 0 Å². The molecule has 1 amide bonds. The molecule has 9 nitrogen and oxygen atoms in total. The minimum absolute atomic E-state index is 0.0828. The van der Waals surface area contributed by atoms with Crippen molar-refractivity contribution in [2.75, 3.05) is 25.8 Å². The molecule has 0 saturated heterocycles. The Morgan fingerprint density at radius 2 is 1.81 bits per heavy atom. The van der Waals surface area contributed by atoms with Gasteiger partial charge < -0.3 is 29.5 Å². The zero-order chi connectivity index (χ0) is 23.5. The topological polar surface area (TPSA) is 108 Å². The molecule has 0 aromatic heterocycles. The van der Waals surface area contributed by atoms with E-state index in [1.807, 2.05) is 31.1 Å². The van der Waals surface area contributed by atoms with E-state index in [1.54, 1.807) is 51.1 Å². The molecule has 1 atom stereocenters. The molecule has 2 aromatic rings. The van der Waals surface area contributed by atoms with E-state index in [2.05, 4.69) is 10.3 Å². The van der Waals surface area contributed by atoms with Gasteiger partial charge in [-0.1, -0.05) is 6.07 Å². The van der Waals surface area contributed by atoms with Crippen molar-refractivity contribution in [3.8, 4) is 11.5 Å². The molecule has 0 saturated carbocycles. The highest BCUT2D eigenvalue weighted by Crippen LogP contribution is 2.37. The van der Waals surface area contributed by atoms with E-state index in [0.717, 1.165) is 5.69 Å². The number of fused-ring (bicyclic) bond motifs is 1. The first-order chi connectivity index (χ1) is 15.1. The largest absolute Gasteiger partial charge is 0.475 e. The van der Waals surface area contributed by atoms with Gasteiger partial charge in [0.1, 0.15) is 5.60 Å². The van der Waals surface area contributed by atoms with Crippen molar-refractivity contribution in [1.29, 1.82) is 5.39 Å². The summed E-state index contributed by atoms with van der Waals surface area (Å²) < 4.78 is 16.3. The maximum atomic E-state index is 13.0. The van der Waals surface area contributed by atoms with Crippen LogP contribution >= 0.6 is 0 Å². The van der Waals surface area contributed by atoms with Crippen LogP contribution < -0.4 is 19.7 Å². The Bertz CT molecular complexity index is 1070. The maximum Gasteiger partial charge on any atom is 0.466 e. The summed E-state index contributed by atoms with van der Waals surface area (Å²) in [7, 11) is 3.81. The molecule has 32 heavy (non-hydrogen) atoms. The number of nitrogens with one attached hydrogen (secondary N) is 1. The standard InChI is InChI=1S/C23H26N4O5/c1-23(2,3)32-22(29)20(26-24)19(15-8-11-17-18(12-15)31-13-30-17)25-21(28)14-6-9-16(10-7-14)27(4)5/h6-12,19H,13H2,1-5H3,(H-,25,28,29)/p+1/b22-20+/t19-/m0/s1. The molecule has 1 aliphatic rings. The number of benzene rings is 2. The Morgan fingerprint density at radius 1 is 1.16 bits per heavy atom. The number of diazo groups is 1. The molecule has 1 aliphatic heterocycles. The third-order valence-electron chi connectivity index (χ3n) is 4.65. The van der Waals surface area contributed by atoms with Crippen LogP contribution in [-0.4, -0.2) is 37.5 Å². The van der Waals surface area contributed by atoms with Crippen molar-refractivity contribution in [2.24, 2.45) is 0 Å². The van der Waals surface area contributed by atoms with E-state index >= 15 is 0 Å². The number of aliphatic hydroxyl groups excluding tert-OH is 1. The van der Waals surface area contributed by atoms with Crippen molar-refractivity contribution >= 4 is 11.6 Å². The third-order valence-corrected chi connectivity index (χ3v) is 4.65. The summed E-state index contributed by atoms with van der Waals surface area (Å²) in [5, 5.41) is 23.1. The smallest absolute Gasteiger partial charge is 0.466 e. The molecule has 1 heterocycles. The number of amides is 1. The van der Waals surface area contributed by atoms with Crippen molar-refractivity contribution in [1.82, 2.24) is 5.32 Å². The zero-order valence-electron chi connectivity index (χ0n) is 18.7.